The standard InChI is InChI=1S/C15H25NO2S/c1-14(2)9-12(17)16(13(14)18)10-15(11-19)7-5-3-4-6-8-15/h19H,3-11H2,1-2H3. The van der Waals surface area contributed by atoms with Crippen LogP contribution >= 0.6 is 12.6 Å². The van der Waals surface area contributed by atoms with Crippen LogP contribution in [-0.2, 0) is 9.59 Å². The third kappa shape index (κ3) is 2.99. The maximum absolute atomic E-state index is 12.3. The molecule has 1 heterocycles. The Morgan fingerprint density at radius 3 is 2.11 bits per heavy atom. The molecule has 0 unspecified atom stereocenters. The summed E-state index contributed by atoms with van der Waals surface area (Å²) in [5.41, 5.74) is -0.467. The summed E-state index contributed by atoms with van der Waals surface area (Å²) in [6, 6.07) is 0. The van der Waals surface area contributed by atoms with Gasteiger partial charge in [0.1, 0.15) is 0 Å². The van der Waals surface area contributed by atoms with Gasteiger partial charge in [0.05, 0.1) is 5.41 Å². The van der Waals surface area contributed by atoms with E-state index in [4.69, 9.17) is 0 Å². The SMILES string of the molecule is CC1(C)CC(=O)N(CC2(CS)CCCCCC2)C1=O. The molecule has 1 saturated carbocycles. The average molecular weight is 283 g/mol. The number of nitrogens with zero attached hydrogens (tertiary/aromatic N) is 1. The predicted molar refractivity (Wildman–Crippen MR) is 79.1 cm³/mol. The van der Waals surface area contributed by atoms with E-state index in [0.717, 1.165) is 18.6 Å². The minimum absolute atomic E-state index is 0.000375. The summed E-state index contributed by atoms with van der Waals surface area (Å²) in [7, 11) is 0. The Labute approximate surface area is 121 Å². The van der Waals surface area contributed by atoms with Gasteiger partial charge in [0.25, 0.3) is 0 Å². The Bertz CT molecular complexity index is 370. The lowest BCUT2D eigenvalue weighted by Gasteiger charge is -2.35. The van der Waals surface area contributed by atoms with Crippen LogP contribution in [0, 0.1) is 10.8 Å². The summed E-state index contributed by atoms with van der Waals surface area (Å²) in [5.74, 6) is 0.771. The van der Waals surface area contributed by atoms with Crippen molar-refractivity contribution in [2.75, 3.05) is 12.3 Å². The highest BCUT2D eigenvalue weighted by molar-refractivity contribution is 7.80. The zero-order valence-corrected chi connectivity index (χ0v) is 13.0. The monoisotopic (exact) mass is 283 g/mol. The number of likely N-dealkylation sites (tertiary alicyclic amines) is 1. The molecule has 0 bridgehead atoms. The van der Waals surface area contributed by atoms with Gasteiger partial charge in [0.15, 0.2) is 0 Å². The van der Waals surface area contributed by atoms with Gasteiger partial charge in [0, 0.05) is 13.0 Å². The first-order valence-electron chi connectivity index (χ1n) is 7.36. The van der Waals surface area contributed by atoms with Crippen LogP contribution in [0.1, 0.15) is 58.8 Å². The van der Waals surface area contributed by atoms with Gasteiger partial charge >= 0.3 is 0 Å². The van der Waals surface area contributed by atoms with Crippen LogP contribution in [0.5, 0.6) is 0 Å². The molecule has 1 aliphatic heterocycles. The van der Waals surface area contributed by atoms with Gasteiger partial charge in [-0.1, -0.05) is 39.5 Å². The molecular weight excluding hydrogens is 258 g/mol. The van der Waals surface area contributed by atoms with Gasteiger partial charge in [0.2, 0.25) is 11.8 Å². The number of carbonyl (C=O) groups excluding carboxylic acids is 2. The Balaban J connectivity index is 2.14. The third-order valence-corrected chi connectivity index (χ3v) is 5.38. The van der Waals surface area contributed by atoms with Gasteiger partial charge in [-0.25, -0.2) is 0 Å². The number of thiol groups is 1. The lowest BCUT2D eigenvalue weighted by atomic mass is 9.81. The number of hydrogen-bond acceptors (Lipinski definition) is 3. The highest BCUT2D eigenvalue weighted by Crippen LogP contribution is 2.40. The highest BCUT2D eigenvalue weighted by Gasteiger charge is 2.47. The molecule has 108 valence electrons. The van der Waals surface area contributed by atoms with Gasteiger partial charge in [-0.15, -0.1) is 0 Å². The van der Waals surface area contributed by atoms with Crippen molar-refractivity contribution in [3.63, 3.8) is 0 Å². The molecule has 2 aliphatic rings. The van der Waals surface area contributed by atoms with E-state index in [1.165, 1.54) is 30.6 Å². The van der Waals surface area contributed by atoms with Crippen molar-refractivity contribution in [2.45, 2.75) is 58.8 Å². The van der Waals surface area contributed by atoms with E-state index < -0.39 is 5.41 Å². The Hall–Kier alpha value is -0.510. The zero-order chi connectivity index (χ0) is 14.1. The predicted octanol–water partition coefficient (Wildman–Crippen LogP) is 3.04. The fraction of sp³-hybridized carbons (Fsp3) is 0.867. The average Bonchev–Trinajstić information content (AvgIpc) is 2.55. The molecule has 0 aromatic carbocycles. The van der Waals surface area contributed by atoms with Crippen molar-refractivity contribution in [2.24, 2.45) is 10.8 Å². The third-order valence-electron chi connectivity index (χ3n) is 4.71. The van der Waals surface area contributed by atoms with Crippen molar-refractivity contribution in [3.8, 4) is 0 Å². The molecule has 0 aromatic rings. The van der Waals surface area contributed by atoms with Gasteiger partial charge < -0.3 is 0 Å². The van der Waals surface area contributed by atoms with Crippen molar-refractivity contribution < 1.29 is 9.59 Å². The lowest BCUT2D eigenvalue weighted by molar-refractivity contribution is -0.142. The molecule has 0 N–H and O–H groups in total. The molecular formula is C15H25NO2S. The first-order valence-corrected chi connectivity index (χ1v) is 7.99. The molecule has 2 amide bonds. The van der Waals surface area contributed by atoms with E-state index in [2.05, 4.69) is 12.6 Å². The summed E-state index contributed by atoms with van der Waals surface area (Å²) < 4.78 is 0. The fourth-order valence-electron chi connectivity index (χ4n) is 3.37. The molecule has 1 aliphatic carbocycles. The summed E-state index contributed by atoms with van der Waals surface area (Å²) in [6.45, 7) is 4.32. The zero-order valence-electron chi connectivity index (χ0n) is 12.1. The van der Waals surface area contributed by atoms with Gasteiger partial charge in [-0.3, -0.25) is 14.5 Å². The number of carbonyl (C=O) groups is 2. The first-order chi connectivity index (χ1) is 8.90. The van der Waals surface area contributed by atoms with Crippen molar-refractivity contribution in [1.82, 2.24) is 4.90 Å². The van der Waals surface area contributed by atoms with E-state index in [-0.39, 0.29) is 17.2 Å². The van der Waals surface area contributed by atoms with Crippen molar-refractivity contribution >= 4 is 24.4 Å². The number of hydrogen-bond donors (Lipinski definition) is 1. The lowest BCUT2D eigenvalue weighted by Crippen LogP contribution is -2.43. The summed E-state index contributed by atoms with van der Waals surface area (Å²) in [5, 5.41) is 0. The van der Waals surface area contributed by atoms with Crippen LogP contribution in [-0.4, -0.2) is 29.0 Å². The number of rotatable bonds is 3. The number of amides is 2. The van der Waals surface area contributed by atoms with Crippen LogP contribution < -0.4 is 0 Å². The van der Waals surface area contributed by atoms with E-state index in [1.54, 1.807) is 0 Å². The fourth-order valence-corrected chi connectivity index (χ4v) is 3.78. The summed E-state index contributed by atoms with van der Waals surface area (Å²) in [6.07, 6.45) is 7.46. The van der Waals surface area contributed by atoms with Crippen LogP contribution in [0.25, 0.3) is 0 Å². The molecule has 4 heteroatoms. The second kappa shape index (κ2) is 5.47. The normalized spacial score (nSPS) is 26.6. The first kappa shape index (κ1) is 14.9. The second-order valence-electron chi connectivity index (χ2n) is 6.92. The van der Waals surface area contributed by atoms with E-state index >= 15 is 0 Å². The van der Waals surface area contributed by atoms with Gasteiger partial charge in [-0.05, 0) is 24.0 Å². The van der Waals surface area contributed by atoms with Crippen LogP contribution in [0.2, 0.25) is 0 Å². The van der Waals surface area contributed by atoms with Gasteiger partial charge in [-0.2, -0.15) is 12.6 Å². The molecule has 0 radical (unpaired) electrons. The quantitative estimate of drug-likeness (QED) is 0.491. The molecule has 0 aromatic heterocycles. The Kier molecular flexibility index (Phi) is 4.29. The van der Waals surface area contributed by atoms with Crippen molar-refractivity contribution in [3.05, 3.63) is 0 Å². The van der Waals surface area contributed by atoms with E-state index in [0.29, 0.717) is 13.0 Å². The maximum Gasteiger partial charge on any atom is 0.235 e. The molecule has 0 spiro atoms. The second-order valence-corrected chi connectivity index (χ2v) is 7.23. The van der Waals surface area contributed by atoms with Crippen LogP contribution in [0.4, 0.5) is 0 Å². The highest BCUT2D eigenvalue weighted by atomic mass is 32.1. The van der Waals surface area contributed by atoms with Crippen molar-refractivity contribution in [1.29, 1.82) is 0 Å². The molecule has 2 fully saturated rings. The summed E-state index contributed by atoms with van der Waals surface area (Å²) in [4.78, 5) is 25.9. The minimum Gasteiger partial charge on any atom is -0.282 e. The van der Waals surface area contributed by atoms with E-state index in [1.807, 2.05) is 13.8 Å². The molecule has 19 heavy (non-hydrogen) atoms. The number of imide groups is 1. The largest absolute Gasteiger partial charge is 0.282 e. The molecule has 2 rings (SSSR count). The molecule has 0 atom stereocenters. The topological polar surface area (TPSA) is 37.4 Å². The molecule has 3 nitrogen and oxygen atoms in total. The summed E-state index contributed by atoms with van der Waals surface area (Å²) >= 11 is 4.52. The Morgan fingerprint density at radius 1 is 1.11 bits per heavy atom. The van der Waals surface area contributed by atoms with Crippen LogP contribution in [0.15, 0.2) is 0 Å². The smallest absolute Gasteiger partial charge is 0.235 e. The van der Waals surface area contributed by atoms with E-state index in [9.17, 15) is 9.59 Å². The minimum atomic E-state index is -0.514. The maximum atomic E-state index is 12.3. The Morgan fingerprint density at radius 2 is 1.68 bits per heavy atom. The molecule has 1 saturated heterocycles. The van der Waals surface area contributed by atoms with Crippen LogP contribution in [0.3, 0.4) is 0 Å².